The molecule has 0 bridgehead atoms. The Morgan fingerprint density at radius 2 is 1.67 bits per heavy atom. The van der Waals surface area contributed by atoms with E-state index in [9.17, 15) is 0 Å². The van der Waals surface area contributed by atoms with Gasteiger partial charge in [0, 0.05) is 18.8 Å². The molecule has 1 heterocycles. The monoisotopic (exact) mass is 368 g/mol. The summed E-state index contributed by atoms with van der Waals surface area (Å²) in [6.07, 6.45) is 5.47. The maximum atomic E-state index is 5.96. The third-order valence-electron chi connectivity index (χ3n) is 4.16. The van der Waals surface area contributed by atoms with Gasteiger partial charge in [-0.2, -0.15) is 4.57 Å². The van der Waals surface area contributed by atoms with E-state index >= 15 is 0 Å². The molecular formula is C22H26NO4+. The van der Waals surface area contributed by atoms with Gasteiger partial charge in [0.2, 0.25) is 5.58 Å². The summed E-state index contributed by atoms with van der Waals surface area (Å²) >= 11 is 0. The lowest BCUT2D eigenvalue weighted by Crippen LogP contribution is -2.25. The minimum absolute atomic E-state index is 0.346. The number of ether oxygens (including phenoxy) is 3. The first-order valence-corrected chi connectivity index (χ1v) is 9.21. The first-order chi connectivity index (χ1) is 13.2. The summed E-state index contributed by atoms with van der Waals surface area (Å²) in [5, 5.41) is 0. The van der Waals surface area contributed by atoms with Crippen molar-refractivity contribution in [1.29, 1.82) is 0 Å². The second-order valence-corrected chi connectivity index (χ2v) is 6.05. The summed E-state index contributed by atoms with van der Waals surface area (Å²) in [4.78, 5) is 0. The van der Waals surface area contributed by atoms with E-state index in [0.717, 1.165) is 28.0 Å². The maximum absolute atomic E-state index is 5.96. The molecule has 0 radical (unpaired) electrons. The van der Waals surface area contributed by atoms with Crippen molar-refractivity contribution >= 4 is 23.3 Å². The summed E-state index contributed by atoms with van der Waals surface area (Å²) in [5.74, 6) is 0.793. The SMILES string of the molecule is CCOC(COc1ccccc1/C=C\c1cccc2oc[n+](C)c12)OCC. The predicted octanol–water partition coefficient (Wildman–Crippen LogP) is 4.21. The van der Waals surface area contributed by atoms with Crippen LogP contribution in [-0.4, -0.2) is 26.1 Å². The van der Waals surface area contributed by atoms with Crippen molar-refractivity contribution in [3.8, 4) is 5.75 Å². The number of hydrogen-bond acceptors (Lipinski definition) is 4. The summed E-state index contributed by atoms with van der Waals surface area (Å²) in [6.45, 7) is 5.40. The van der Waals surface area contributed by atoms with Gasteiger partial charge in [-0.05, 0) is 38.1 Å². The number of para-hydroxylation sites is 2. The third-order valence-corrected chi connectivity index (χ3v) is 4.16. The number of rotatable bonds is 9. The van der Waals surface area contributed by atoms with Crippen molar-refractivity contribution in [3.05, 3.63) is 60.0 Å². The summed E-state index contributed by atoms with van der Waals surface area (Å²) < 4.78 is 24.6. The van der Waals surface area contributed by atoms with E-state index in [-0.39, 0.29) is 6.29 Å². The second kappa shape index (κ2) is 9.35. The highest BCUT2D eigenvalue weighted by atomic mass is 16.7. The highest BCUT2D eigenvalue weighted by Crippen LogP contribution is 2.23. The quantitative estimate of drug-likeness (QED) is 0.322. The zero-order valence-electron chi connectivity index (χ0n) is 16.1. The molecule has 5 nitrogen and oxygen atoms in total. The van der Waals surface area contributed by atoms with Crippen LogP contribution >= 0.6 is 0 Å². The molecule has 0 N–H and O–H groups in total. The molecule has 5 heteroatoms. The predicted molar refractivity (Wildman–Crippen MR) is 105 cm³/mol. The molecule has 0 aliphatic heterocycles. The largest absolute Gasteiger partial charge is 0.488 e. The van der Waals surface area contributed by atoms with Crippen molar-refractivity contribution in [2.24, 2.45) is 7.05 Å². The maximum Gasteiger partial charge on any atom is 0.335 e. The zero-order valence-corrected chi connectivity index (χ0v) is 16.1. The van der Waals surface area contributed by atoms with Gasteiger partial charge in [-0.25, -0.2) is 0 Å². The van der Waals surface area contributed by atoms with Crippen LogP contribution in [0, 0.1) is 0 Å². The molecule has 0 saturated heterocycles. The highest BCUT2D eigenvalue weighted by molar-refractivity contribution is 5.85. The highest BCUT2D eigenvalue weighted by Gasteiger charge is 2.13. The van der Waals surface area contributed by atoms with Crippen LogP contribution in [0.2, 0.25) is 0 Å². The van der Waals surface area contributed by atoms with E-state index in [2.05, 4.69) is 12.1 Å². The Morgan fingerprint density at radius 1 is 0.963 bits per heavy atom. The normalized spacial score (nSPS) is 11.7. The molecule has 0 saturated carbocycles. The molecular weight excluding hydrogens is 342 g/mol. The van der Waals surface area contributed by atoms with Crippen LogP contribution in [0.15, 0.2) is 53.3 Å². The molecule has 27 heavy (non-hydrogen) atoms. The van der Waals surface area contributed by atoms with E-state index in [1.54, 1.807) is 6.39 Å². The van der Waals surface area contributed by atoms with Crippen molar-refractivity contribution in [3.63, 3.8) is 0 Å². The molecule has 0 aliphatic rings. The van der Waals surface area contributed by atoms with Crippen molar-refractivity contribution in [2.75, 3.05) is 19.8 Å². The van der Waals surface area contributed by atoms with E-state index < -0.39 is 0 Å². The van der Waals surface area contributed by atoms with Crippen LogP contribution in [0.3, 0.4) is 0 Å². The Balaban J connectivity index is 1.79. The van der Waals surface area contributed by atoms with Crippen LogP contribution in [0.5, 0.6) is 5.75 Å². The van der Waals surface area contributed by atoms with Gasteiger partial charge in [0.05, 0.1) is 5.56 Å². The van der Waals surface area contributed by atoms with Gasteiger partial charge in [-0.3, -0.25) is 0 Å². The van der Waals surface area contributed by atoms with Crippen molar-refractivity contribution in [2.45, 2.75) is 20.1 Å². The fourth-order valence-electron chi connectivity index (χ4n) is 2.94. The smallest absolute Gasteiger partial charge is 0.335 e. The number of aromatic nitrogens is 1. The standard InChI is InChI=1S/C22H26NO4/c1-4-24-21(25-5-2)15-26-19-11-7-6-9-17(19)13-14-18-10-8-12-20-22(18)23(3)16-27-20/h6-14,16,21H,4-5,15H2,1-3H3/q+1/b14-13-. The Morgan fingerprint density at radius 3 is 2.44 bits per heavy atom. The van der Waals surface area contributed by atoms with Crippen LogP contribution in [-0.2, 0) is 16.5 Å². The molecule has 0 unspecified atom stereocenters. The average Bonchev–Trinajstić information content (AvgIpc) is 3.07. The topological polar surface area (TPSA) is 44.7 Å². The Labute approximate surface area is 159 Å². The van der Waals surface area contributed by atoms with Gasteiger partial charge in [-0.1, -0.05) is 30.3 Å². The Hall–Kier alpha value is -2.63. The molecule has 0 atom stereocenters. The van der Waals surface area contributed by atoms with E-state index in [0.29, 0.717) is 19.8 Å². The molecule has 142 valence electrons. The fraction of sp³-hybridized carbons (Fsp3) is 0.318. The van der Waals surface area contributed by atoms with Gasteiger partial charge < -0.3 is 18.6 Å². The summed E-state index contributed by atoms with van der Waals surface area (Å²) in [6, 6.07) is 13.9. The minimum Gasteiger partial charge on any atom is -0.488 e. The van der Waals surface area contributed by atoms with Gasteiger partial charge >= 0.3 is 6.39 Å². The minimum atomic E-state index is -0.365. The Bertz CT molecular complexity index is 894. The zero-order chi connectivity index (χ0) is 19.1. The number of oxazole rings is 1. The number of aryl methyl sites for hydroxylation is 1. The van der Waals surface area contributed by atoms with Crippen LogP contribution in [0.25, 0.3) is 23.3 Å². The van der Waals surface area contributed by atoms with Crippen molar-refractivity contribution < 1.29 is 23.2 Å². The average molecular weight is 368 g/mol. The lowest BCUT2D eigenvalue weighted by atomic mass is 10.1. The Kier molecular flexibility index (Phi) is 6.63. The molecule has 0 amide bonds. The van der Waals surface area contributed by atoms with Gasteiger partial charge in [-0.15, -0.1) is 0 Å². The van der Waals surface area contributed by atoms with Crippen LogP contribution in [0.1, 0.15) is 25.0 Å². The second-order valence-electron chi connectivity index (χ2n) is 6.05. The molecule has 0 fully saturated rings. The molecule has 3 aromatic rings. The lowest BCUT2D eigenvalue weighted by Gasteiger charge is -2.18. The number of fused-ring (bicyclic) bond motifs is 1. The van der Waals surface area contributed by atoms with E-state index in [1.807, 2.05) is 67.9 Å². The van der Waals surface area contributed by atoms with Crippen LogP contribution in [0.4, 0.5) is 0 Å². The molecule has 0 aliphatic carbocycles. The molecule has 0 spiro atoms. The summed E-state index contributed by atoms with van der Waals surface area (Å²) in [7, 11) is 1.97. The van der Waals surface area contributed by atoms with Crippen LogP contribution < -0.4 is 9.30 Å². The molecule has 1 aromatic heterocycles. The van der Waals surface area contributed by atoms with Crippen molar-refractivity contribution in [1.82, 2.24) is 0 Å². The van der Waals surface area contributed by atoms with Gasteiger partial charge in [0.15, 0.2) is 6.29 Å². The van der Waals surface area contributed by atoms with Gasteiger partial charge in [0.1, 0.15) is 19.4 Å². The molecule has 2 aromatic carbocycles. The summed E-state index contributed by atoms with van der Waals surface area (Å²) in [5.41, 5.74) is 3.99. The number of benzene rings is 2. The first-order valence-electron chi connectivity index (χ1n) is 9.21. The molecule has 3 rings (SSSR count). The fourth-order valence-corrected chi connectivity index (χ4v) is 2.94. The third kappa shape index (κ3) is 4.76. The first kappa shape index (κ1) is 19.1. The van der Waals surface area contributed by atoms with Gasteiger partial charge in [0.25, 0.3) is 5.52 Å². The number of hydrogen-bond donors (Lipinski definition) is 0. The van der Waals surface area contributed by atoms with E-state index in [4.69, 9.17) is 18.6 Å². The number of nitrogens with zero attached hydrogens (tertiary/aromatic N) is 1. The van der Waals surface area contributed by atoms with E-state index in [1.165, 1.54) is 0 Å². The lowest BCUT2D eigenvalue weighted by molar-refractivity contribution is -0.650.